The molecule has 0 radical (unpaired) electrons. The van der Waals surface area contributed by atoms with E-state index in [1.54, 1.807) is 18.6 Å². The van der Waals surface area contributed by atoms with Gasteiger partial charge in [-0.05, 0) is 36.4 Å². The fraction of sp³-hybridized carbons (Fsp3) is 0.261. The Bertz CT molecular complexity index is 1180. The number of carbonyl (C=O) groups is 1. The fourth-order valence-electron chi connectivity index (χ4n) is 4.15. The van der Waals surface area contributed by atoms with E-state index in [9.17, 15) is 4.79 Å². The molecule has 7 nitrogen and oxygen atoms in total. The van der Waals surface area contributed by atoms with Crippen molar-refractivity contribution in [2.45, 2.75) is 37.6 Å². The number of nitrogens with zero attached hydrogens (tertiary/aromatic N) is 4. The molecule has 0 unspecified atom stereocenters. The Kier molecular flexibility index (Phi) is 4.71. The van der Waals surface area contributed by atoms with E-state index < -0.39 is 5.54 Å². The summed E-state index contributed by atoms with van der Waals surface area (Å²) in [5.41, 5.74) is 0.493. The highest BCUT2D eigenvalue weighted by Crippen LogP contribution is 2.37. The number of benzene rings is 1. The van der Waals surface area contributed by atoms with Crippen LogP contribution in [0.15, 0.2) is 65.6 Å². The van der Waals surface area contributed by atoms with E-state index in [2.05, 4.69) is 25.4 Å². The van der Waals surface area contributed by atoms with Crippen molar-refractivity contribution in [1.29, 1.82) is 0 Å². The fourth-order valence-corrected chi connectivity index (χ4v) is 4.15. The topological polar surface area (TPSA) is 93.8 Å². The Hall–Kier alpha value is -3.61. The van der Waals surface area contributed by atoms with Crippen molar-refractivity contribution in [3.05, 3.63) is 72.6 Å². The first kappa shape index (κ1) is 18.4. The molecule has 1 fully saturated rings. The van der Waals surface area contributed by atoms with Crippen LogP contribution in [0.4, 0.5) is 0 Å². The molecule has 3 aromatic heterocycles. The summed E-state index contributed by atoms with van der Waals surface area (Å²) < 4.78 is 5.66. The van der Waals surface area contributed by atoms with Crippen molar-refractivity contribution in [1.82, 2.24) is 25.4 Å². The minimum atomic E-state index is -0.693. The van der Waals surface area contributed by atoms with Crippen LogP contribution in [0.1, 0.15) is 48.5 Å². The highest BCUT2D eigenvalue weighted by atomic mass is 16.5. The summed E-state index contributed by atoms with van der Waals surface area (Å²) in [6.07, 6.45) is 9.63. The average molecular weight is 399 g/mol. The second-order valence-electron chi connectivity index (χ2n) is 7.64. The van der Waals surface area contributed by atoms with Gasteiger partial charge >= 0.3 is 0 Å². The lowest BCUT2D eigenvalue weighted by atomic mass is 9.81. The largest absolute Gasteiger partial charge is 0.336 e. The molecule has 1 saturated carbocycles. The minimum absolute atomic E-state index is 0.227. The lowest BCUT2D eigenvalue weighted by Crippen LogP contribution is -2.47. The maximum Gasteiger partial charge on any atom is 0.271 e. The third kappa shape index (κ3) is 3.32. The number of hydrogen-bond donors (Lipinski definition) is 1. The molecule has 0 aliphatic heterocycles. The van der Waals surface area contributed by atoms with Crippen LogP contribution in [-0.4, -0.2) is 26.0 Å². The zero-order valence-electron chi connectivity index (χ0n) is 16.4. The standard InChI is InChI=1S/C23H21N5O2/c29-21(19-18-9-3-2-7-16(18)10-14-25-19)27-23(11-4-1-5-12-23)22-26-20(28-30-22)17-8-6-13-24-15-17/h2-3,6-10,13-15H,1,4-5,11-12H2,(H,27,29). The van der Waals surface area contributed by atoms with Gasteiger partial charge in [-0.2, -0.15) is 4.98 Å². The van der Waals surface area contributed by atoms with E-state index in [1.165, 1.54) is 0 Å². The number of pyridine rings is 2. The van der Waals surface area contributed by atoms with Crippen LogP contribution in [0.3, 0.4) is 0 Å². The number of hydrogen-bond acceptors (Lipinski definition) is 6. The van der Waals surface area contributed by atoms with Crippen LogP contribution in [0.2, 0.25) is 0 Å². The zero-order valence-corrected chi connectivity index (χ0v) is 16.4. The van der Waals surface area contributed by atoms with Gasteiger partial charge in [0.2, 0.25) is 5.82 Å². The number of carbonyl (C=O) groups excluding carboxylic acids is 1. The van der Waals surface area contributed by atoms with E-state index in [0.29, 0.717) is 17.4 Å². The third-order valence-corrected chi connectivity index (χ3v) is 5.70. The van der Waals surface area contributed by atoms with Crippen LogP contribution in [0.5, 0.6) is 0 Å². The third-order valence-electron chi connectivity index (χ3n) is 5.70. The predicted octanol–water partition coefficient (Wildman–Crippen LogP) is 4.27. The van der Waals surface area contributed by atoms with Crippen LogP contribution >= 0.6 is 0 Å². The number of aromatic nitrogens is 4. The van der Waals surface area contributed by atoms with Crippen LogP contribution in [0, 0.1) is 0 Å². The zero-order chi connectivity index (χ0) is 20.4. The second-order valence-corrected chi connectivity index (χ2v) is 7.64. The summed E-state index contributed by atoms with van der Waals surface area (Å²) in [4.78, 5) is 26.4. The molecule has 0 saturated heterocycles. The SMILES string of the molecule is O=C(NC1(c2nc(-c3cccnc3)no2)CCCCC1)c1nccc2ccccc12. The molecule has 150 valence electrons. The van der Waals surface area contributed by atoms with E-state index in [1.807, 2.05) is 42.5 Å². The van der Waals surface area contributed by atoms with E-state index in [-0.39, 0.29) is 5.91 Å². The van der Waals surface area contributed by atoms with Gasteiger partial charge in [-0.25, -0.2) is 0 Å². The Morgan fingerprint density at radius 3 is 2.70 bits per heavy atom. The lowest BCUT2D eigenvalue weighted by Gasteiger charge is -2.34. The molecule has 1 amide bonds. The average Bonchev–Trinajstić information content (AvgIpc) is 3.31. The first-order valence-corrected chi connectivity index (χ1v) is 10.2. The number of amides is 1. The summed E-state index contributed by atoms with van der Waals surface area (Å²) in [6.45, 7) is 0. The molecule has 0 atom stereocenters. The van der Waals surface area contributed by atoms with Crippen molar-refractivity contribution < 1.29 is 9.32 Å². The van der Waals surface area contributed by atoms with Gasteiger partial charge in [0.05, 0.1) is 0 Å². The van der Waals surface area contributed by atoms with Crippen LogP contribution in [-0.2, 0) is 5.54 Å². The molecular formula is C23H21N5O2. The molecule has 1 aliphatic carbocycles. The summed E-state index contributed by atoms with van der Waals surface area (Å²) in [6, 6.07) is 13.4. The Balaban J connectivity index is 1.50. The van der Waals surface area contributed by atoms with Gasteiger partial charge in [0.15, 0.2) is 0 Å². The van der Waals surface area contributed by atoms with E-state index in [0.717, 1.165) is 48.4 Å². The van der Waals surface area contributed by atoms with Gasteiger partial charge in [-0.15, -0.1) is 0 Å². The monoisotopic (exact) mass is 399 g/mol. The normalized spacial score (nSPS) is 15.7. The van der Waals surface area contributed by atoms with Crippen molar-refractivity contribution in [2.24, 2.45) is 0 Å². The first-order valence-electron chi connectivity index (χ1n) is 10.2. The summed E-state index contributed by atoms with van der Waals surface area (Å²) in [5.74, 6) is 0.685. The molecule has 1 aliphatic rings. The van der Waals surface area contributed by atoms with Gasteiger partial charge in [-0.3, -0.25) is 14.8 Å². The number of fused-ring (bicyclic) bond motifs is 1. The summed E-state index contributed by atoms with van der Waals surface area (Å²) >= 11 is 0. The van der Waals surface area contributed by atoms with Gasteiger partial charge in [0.1, 0.15) is 11.2 Å². The molecule has 0 spiro atoms. The van der Waals surface area contributed by atoms with Crippen molar-refractivity contribution >= 4 is 16.7 Å². The van der Waals surface area contributed by atoms with E-state index >= 15 is 0 Å². The van der Waals surface area contributed by atoms with Crippen molar-refractivity contribution in [3.63, 3.8) is 0 Å². The number of rotatable bonds is 4. The van der Waals surface area contributed by atoms with Gasteiger partial charge < -0.3 is 9.84 Å². The van der Waals surface area contributed by atoms with Gasteiger partial charge in [0.25, 0.3) is 11.8 Å². The van der Waals surface area contributed by atoms with Gasteiger partial charge in [-0.1, -0.05) is 48.7 Å². The molecule has 30 heavy (non-hydrogen) atoms. The van der Waals surface area contributed by atoms with Gasteiger partial charge in [0, 0.05) is 29.5 Å². The summed E-state index contributed by atoms with van der Waals surface area (Å²) in [7, 11) is 0. The maximum absolute atomic E-state index is 13.3. The first-order chi connectivity index (χ1) is 14.8. The van der Waals surface area contributed by atoms with E-state index in [4.69, 9.17) is 4.52 Å². The molecule has 5 rings (SSSR count). The molecule has 1 aromatic carbocycles. The Morgan fingerprint density at radius 1 is 1.00 bits per heavy atom. The molecule has 4 aromatic rings. The van der Waals surface area contributed by atoms with Crippen LogP contribution < -0.4 is 5.32 Å². The number of nitrogens with one attached hydrogen (secondary N) is 1. The maximum atomic E-state index is 13.3. The van der Waals surface area contributed by atoms with Crippen molar-refractivity contribution in [2.75, 3.05) is 0 Å². The highest BCUT2D eigenvalue weighted by Gasteiger charge is 2.41. The second kappa shape index (κ2) is 7.67. The highest BCUT2D eigenvalue weighted by molar-refractivity contribution is 6.05. The van der Waals surface area contributed by atoms with Crippen LogP contribution in [0.25, 0.3) is 22.2 Å². The lowest BCUT2D eigenvalue weighted by molar-refractivity contribution is 0.0821. The van der Waals surface area contributed by atoms with Crippen molar-refractivity contribution in [3.8, 4) is 11.4 Å². The smallest absolute Gasteiger partial charge is 0.271 e. The predicted molar refractivity (Wildman–Crippen MR) is 112 cm³/mol. The summed E-state index contributed by atoms with van der Waals surface area (Å²) in [5, 5.41) is 9.15. The Morgan fingerprint density at radius 2 is 1.87 bits per heavy atom. The molecule has 1 N–H and O–H groups in total. The molecule has 7 heteroatoms. The molecule has 0 bridgehead atoms. The Labute approximate surface area is 173 Å². The quantitative estimate of drug-likeness (QED) is 0.551. The molecule has 3 heterocycles. The molecular weight excluding hydrogens is 378 g/mol. The minimum Gasteiger partial charge on any atom is -0.336 e.